The second kappa shape index (κ2) is 11.9. The quantitative estimate of drug-likeness (QED) is 0.433. The SMILES string of the molecule is C=C(/C=C(\C=C/C)COC1=CC=C(CCC(NC)C(=O)O)CC=C1)OC. The molecule has 0 saturated heterocycles. The average molecular weight is 359 g/mol. The smallest absolute Gasteiger partial charge is 0.320 e. The van der Waals surface area contributed by atoms with Crippen molar-refractivity contribution >= 4 is 5.97 Å². The summed E-state index contributed by atoms with van der Waals surface area (Å²) in [5.74, 6) is 0.520. The highest BCUT2D eigenvalue weighted by atomic mass is 16.5. The van der Waals surface area contributed by atoms with Gasteiger partial charge < -0.3 is 19.9 Å². The first-order valence-corrected chi connectivity index (χ1v) is 8.65. The maximum absolute atomic E-state index is 11.1. The van der Waals surface area contributed by atoms with E-state index in [4.69, 9.17) is 14.6 Å². The molecule has 2 N–H and O–H groups in total. The molecule has 1 aliphatic carbocycles. The van der Waals surface area contributed by atoms with Gasteiger partial charge in [0.25, 0.3) is 0 Å². The molecule has 142 valence electrons. The minimum absolute atomic E-state index is 0.410. The number of methoxy groups -OCH3 is 1. The van der Waals surface area contributed by atoms with Gasteiger partial charge in [-0.1, -0.05) is 36.5 Å². The number of likely N-dealkylation sites (N-methyl/N-ethyl adjacent to an activating group) is 1. The van der Waals surface area contributed by atoms with E-state index in [1.165, 1.54) is 5.57 Å². The summed E-state index contributed by atoms with van der Waals surface area (Å²) >= 11 is 0. The zero-order chi connectivity index (χ0) is 19.4. The fourth-order valence-corrected chi connectivity index (χ4v) is 2.44. The molecule has 1 rings (SSSR count). The molecule has 0 saturated carbocycles. The van der Waals surface area contributed by atoms with Gasteiger partial charge in [0.1, 0.15) is 24.2 Å². The van der Waals surface area contributed by atoms with E-state index in [9.17, 15) is 4.79 Å². The van der Waals surface area contributed by atoms with E-state index in [0.717, 1.165) is 24.2 Å². The number of ether oxygens (including phenoxy) is 2. The van der Waals surface area contributed by atoms with Crippen LogP contribution in [-0.4, -0.2) is 37.9 Å². The first-order valence-electron chi connectivity index (χ1n) is 8.65. The Balaban J connectivity index is 2.67. The molecule has 1 unspecified atom stereocenters. The Morgan fingerprint density at radius 2 is 2.23 bits per heavy atom. The Hall–Kier alpha value is -2.53. The number of carbonyl (C=O) groups is 1. The van der Waals surface area contributed by atoms with E-state index in [0.29, 0.717) is 18.8 Å². The molecule has 0 amide bonds. The lowest BCUT2D eigenvalue weighted by atomic mass is 10.0. The van der Waals surface area contributed by atoms with Crippen molar-refractivity contribution in [1.29, 1.82) is 0 Å². The van der Waals surface area contributed by atoms with Crippen molar-refractivity contribution < 1.29 is 19.4 Å². The largest absolute Gasteiger partial charge is 0.497 e. The van der Waals surface area contributed by atoms with Gasteiger partial charge in [-0.05, 0) is 57.0 Å². The Morgan fingerprint density at radius 1 is 1.46 bits per heavy atom. The van der Waals surface area contributed by atoms with Crippen LogP contribution in [0, 0.1) is 0 Å². The Morgan fingerprint density at radius 3 is 2.85 bits per heavy atom. The van der Waals surface area contributed by atoms with E-state index >= 15 is 0 Å². The highest BCUT2D eigenvalue weighted by molar-refractivity contribution is 5.73. The summed E-state index contributed by atoms with van der Waals surface area (Å²) in [6, 6.07) is -0.523. The maximum atomic E-state index is 11.1. The number of hydrogen-bond donors (Lipinski definition) is 2. The molecule has 1 atom stereocenters. The zero-order valence-electron chi connectivity index (χ0n) is 15.8. The fraction of sp³-hybridized carbons (Fsp3) is 0.381. The minimum atomic E-state index is -0.822. The van der Waals surface area contributed by atoms with Crippen LogP contribution in [0.3, 0.4) is 0 Å². The van der Waals surface area contributed by atoms with Crippen LogP contribution < -0.4 is 5.32 Å². The van der Waals surface area contributed by atoms with Crippen LogP contribution in [0.25, 0.3) is 0 Å². The molecule has 0 bridgehead atoms. The van der Waals surface area contributed by atoms with Crippen molar-refractivity contribution in [3.05, 3.63) is 71.8 Å². The fourth-order valence-electron chi connectivity index (χ4n) is 2.44. The Labute approximate surface area is 156 Å². The molecule has 26 heavy (non-hydrogen) atoms. The molecule has 0 aromatic rings. The molecule has 0 aliphatic heterocycles. The van der Waals surface area contributed by atoms with Gasteiger partial charge in [-0.2, -0.15) is 0 Å². The lowest BCUT2D eigenvalue weighted by Crippen LogP contribution is -2.33. The van der Waals surface area contributed by atoms with E-state index in [1.54, 1.807) is 14.2 Å². The minimum Gasteiger partial charge on any atom is -0.497 e. The van der Waals surface area contributed by atoms with Crippen molar-refractivity contribution in [2.24, 2.45) is 0 Å². The third kappa shape index (κ3) is 8.03. The summed E-state index contributed by atoms with van der Waals surface area (Å²) in [5.41, 5.74) is 2.14. The summed E-state index contributed by atoms with van der Waals surface area (Å²) in [7, 11) is 3.25. The molecule has 5 nitrogen and oxygen atoms in total. The molecule has 1 aliphatic rings. The Bertz CT molecular complexity index is 638. The zero-order valence-corrected chi connectivity index (χ0v) is 15.8. The van der Waals surface area contributed by atoms with Gasteiger partial charge in [0.2, 0.25) is 0 Å². The lowest BCUT2D eigenvalue weighted by Gasteiger charge is -2.11. The van der Waals surface area contributed by atoms with Crippen molar-refractivity contribution in [2.75, 3.05) is 20.8 Å². The first-order chi connectivity index (χ1) is 12.5. The predicted octanol–water partition coefficient (Wildman–Crippen LogP) is 3.89. The first kappa shape index (κ1) is 21.5. The van der Waals surface area contributed by atoms with Crippen molar-refractivity contribution in [1.82, 2.24) is 5.32 Å². The maximum Gasteiger partial charge on any atom is 0.320 e. The highest BCUT2D eigenvalue weighted by Crippen LogP contribution is 2.18. The van der Waals surface area contributed by atoms with Gasteiger partial charge in [-0.15, -0.1) is 0 Å². The van der Waals surface area contributed by atoms with E-state index in [2.05, 4.69) is 11.9 Å². The molecule has 0 aromatic heterocycles. The average Bonchev–Trinajstić information content (AvgIpc) is 2.85. The molecular weight excluding hydrogens is 330 g/mol. The molecule has 5 heteroatoms. The number of carboxylic acid groups (broad SMARTS) is 1. The number of aliphatic carboxylic acids is 1. The van der Waals surface area contributed by atoms with Crippen LogP contribution in [-0.2, 0) is 14.3 Å². The third-order valence-electron chi connectivity index (χ3n) is 3.94. The summed E-state index contributed by atoms with van der Waals surface area (Å²) in [5, 5.41) is 11.9. The molecule has 0 aromatic carbocycles. The van der Waals surface area contributed by atoms with Gasteiger partial charge in [-0.3, -0.25) is 4.79 Å². The van der Waals surface area contributed by atoms with Crippen LogP contribution >= 0.6 is 0 Å². The number of hydrogen-bond acceptors (Lipinski definition) is 4. The van der Waals surface area contributed by atoms with E-state index in [-0.39, 0.29) is 0 Å². The van der Waals surface area contributed by atoms with Gasteiger partial charge in [0, 0.05) is 0 Å². The third-order valence-corrected chi connectivity index (χ3v) is 3.94. The molecule has 0 fully saturated rings. The van der Waals surface area contributed by atoms with Crippen LogP contribution in [0.4, 0.5) is 0 Å². The number of carboxylic acids is 1. The van der Waals surface area contributed by atoms with Crippen LogP contribution in [0.1, 0.15) is 26.2 Å². The van der Waals surface area contributed by atoms with Gasteiger partial charge in [0.15, 0.2) is 0 Å². The molecule has 0 heterocycles. The highest BCUT2D eigenvalue weighted by Gasteiger charge is 2.14. The number of nitrogens with one attached hydrogen (secondary N) is 1. The number of allylic oxidation sites excluding steroid dienone is 7. The topological polar surface area (TPSA) is 67.8 Å². The monoisotopic (exact) mass is 359 g/mol. The second-order valence-corrected chi connectivity index (χ2v) is 5.90. The van der Waals surface area contributed by atoms with Crippen LogP contribution in [0.2, 0.25) is 0 Å². The number of rotatable bonds is 11. The Kier molecular flexibility index (Phi) is 9.87. The van der Waals surface area contributed by atoms with Gasteiger partial charge >= 0.3 is 5.97 Å². The second-order valence-electron chi connectivity index (χ2n) is 5.90. The van der Waals surface area contributed by atoms with E-state index in [1.807, 2.05) is 49.5 Å². The molecule has 0 radical (unpaired) electrons. The van der Waals surface area contributed by atoms with Gasteiger partial charge in [-0.25, -0.2) is 0 Å². The van der Waals surface area contributed by atoms with Crippen molar-refractivity contribution in [3.8, 4) is 0 Å². The lowest BCUT2D eigenvalue weighted by molar-refractivity contribution is -0.139. The summed E-state index contributed by atoms with van der Waals surface area (Å²) in [6.07, 6.45) is 15.7. The van der Waals surface area contributed by atoms with E-state index < -0.39 is 12.0 Å². The standard InChI is InChI=1S/C21H29NO4/c1-5-7-18(14-16(2)25-4)15-26-19-9-6-8-17(10-12-19)11-13-20(22-3)21(23)24/h5-7,9-10,12,14,20,22H,2,8,11,13,15H2,1,3-4H3,(H,23,24)/b7-5-,18-14+. The normalized spacial score (nSPS) is 15.9. The predicted molar refractivity (Wildman–Crippen MR) is 105 cm³/mol. The summed E-state index contributed by atoms with van der Waals surface area (Å²) < 4.78 is 10.9. The van der Waals surface area contributed by atoms with Crippen LogP contribution in [0.15, 0.2) is 71.8 Å². The molecule has 0 spiro atoms. The van der Waals surface area contributed by atoms with Gasteiger partial charge in [0.05, 0.1) is 7.11 Å². The summed E-state index contributed by atoms with van der Waals surface area (Å²) in [4.78, 5) is 11.1. The summed E-state index contributed by atoms with van der Waals surface area (Å²) in [6.45, 7) is 6.15. The molecular formula is C21H29NO4. The van der Waals surface area contributed by atoms with Crippen molar-refractivity contribution in [3.63, 3.8) is 0 Å². The van der Waals surface area contributed by atoms with Crippen molar-refractivity contribution in [2.45, 2.75) is 32.2 Å². The van der Waals surface area contributed by atoms with Crippen LogP contribution in [0.5, 0.6) is 0 Å².